The monoisotopic (exact) mass is 402 g/mol. The van der Waals surface area contributed by atoms with Crippen LogP contribution in [-0.2, 0) is 16.1 Å². The molecule has 0 saturated carbocycles. The lowest BCUT2D eigenvalue weighted by atomic mass is 10.2. The zero-order valence-corrected chi connectivity index (χ0v) is 15.8. The molecule has 0 bridgehead atoms. The number of nitrogens with zero attached hydrogens (tertiary/aromatic N) is 1. The van der Waals surface area contributed by atoms with Crippen molar-refractivity contribution in [3.63, 3.8) is 0 Å². The largest absolute Gasteiger partial charge is 0.486 e. The second-order valence-corrected chi connectivity index (χ2v) is 6.97. The minimum Gasteiger partial charge on any atom is -0.486 e. The van der Waals surface area contributed by atoms with E-state index in [1.54, 1.807) is 30.3 Å². The summed E-state index contributed by atoms with van der Waals surface area (Å²) >= 11 is 5.28. The second kappa shape index (κ2) is 8.12. The van der Waals surface area contributed by atoms with Gasteiger partial charge in [0.25, 0.3) is 5.91 Å². The molecule has 6 nitrogen and oxygen atoms in total. The van der Waals surface area contributed by atoms with Gasteiger partial charge in [-0.3, -0.25) is 9.69 Å². The lowest BCUT2D eigenvalue weighted by Crippen LogP contribution is -2.37. The zero-order chi connectivity index (χ0) is 19.5. The quantitative estimate of drug-likeness (QED) is 0.591. The van der Waals surface area contributed by atoms with Crippen molar-refractivity contribution in [3.05, 3.63) is 59.4 Å². The fourth-order valence-corrected chi connectivity index (χ4v) is 3.37. The number of carbonyl (C=O) groups is 1. The summed E-state index contributed by atoms with van der Waals surface area (Å²) < 4.78 is 29.7. The standard InChI is InChI=1S/C20H19FN2O4S/c21-13-3-5-14(6-4-13)26-12-17-8-7-15(27-17)10-18-19(24)23(20(28)22-18)11-16-2-1-9-25-16/h3-8,10,16H,1-2,9,11-12H2,(H,22,28)/b18-10+. The summed E-state index contributed by atoms with van der Waals surface area (Å²) in [7, 11) is 0. The number of carbonyl (C=O) groups excluding carboxylic acids is 1. The zero-order valence-electron chi connectivity index (χ0n) is 15.0. The maximum Gasteiger partial charge on any atom is 0.276 e. The third kappa shape index (κ3) is 4.23. The summed E-state index contributed by atoms with van der Waals surface area (Å²) in [5.41, 5.74) is 0.364. The van der Waals surface area contributed by atoms with Crippen molar-refractivity contribution in [3.8, 4) is 5.75 Å². The number of furan rings is 1. The van der Waals surface area contributed by atoms with E-state index < -0.39 is 0 Å². The van der Waals surface area contributed by atoms with E-state index >= 15 is 0 Å². The molecule has 1 aromatic carbocycles. The fraction of sp³-hybridized carbons (Fsp3) is 0.300. The highest BCUT2D eigenvalue weighted by Crippen LogP contribution is 2.20. The van der Waals surface area contributed by atoms with Crippen molar-refractivity contribution in [1.29, 1.82) is 0 Å². The van der Waals surface area contributed by atoms with E-state index in [2.05, 4.69) is 5.32 Å². The summed E-state index contributed by atoms with van der Waals surface area (Å²) in [5, 5.41) is 3.31. The van der Waals surface area contributed by atoms with E-state index in [-0.39, 0.29) is 24.4 Å². The number of amides is 1. The molecule has 2 aliphatic rings. The Morgan fingerprint density at radius 2 is 2.11 bits per heavy atom. The van der Waals surface area contributed by atoms with Gasteiger partial charge < -0.3 is 19.2 Å². The molecule has 2 aromatic rings. The summed E-state index contributed by atoms with van der Waals surface area (Å²) in [6, 6.07) is 9.26. The van der Waals surface area contributed by atoms with Crippen molar-refractivity contribution in [2.24, 2.45) is 0 Å². The van der Waals surface area contributed by atoms with Crippen LogP contribution in [0.2, 0.25) is 0 Å². The molecular formula is C20H19FN2O4S. The Bertz CT molecular complexity index is 903. The third-order valence-corrected chi connectivity index (χ3v) is 4.86. The first kappa shape index (κ1) is 18.6. The SMILES string of the molecule is O=C1/C(=C\c2ccc(COc3ccc(F)cc3)o2)NC(=S)N1CC1CCCO1. The van der Waals surface area contributed by atoms with Crippen LogP contribution in [0.1, 0.15) is 24.4 Å². The van der Waals surface area contributed by atoms with Crippen molar-refractivity contribution >= 4 is 29.3 Å². The normalized spacial score (nSPS) is 20.8. The molecular weight excluding hydrogens is 383 g/mol. The molecule has 2 fully saturated rings. The van der Waals surface area contributed by atoms with E-state index in [9.17, 15) is 9.18 Å². The van der Waals surface area contributed by atoms with Crippen LogP contribution >= 0.6 is 12.2 Å². The lowest BCUT2D eigenvalue weighted by Gasteiger charge is -2.18. The number of benzene rings is 1. The summed E-state index contributed by atoms with van der Waals surface area (Å²) in [6.07, 6.45) is 3.58. The van der Waals surface area contributed by atoms with Gasteiger partial charge in [-0.1, -0.05) is 0 Å². The molecule has 3 heterocycles. The number of thiocarbonyl (C=S) groups is 1. The molecule has 0 spiro atoms. The molecule has 1 amide bonds. The minimum atomic E-state index is -0.320. The molecule has 28 heavy (non-hydrogen) atoms. The number of halogens is 1. The molecule has 8 heteroatoms. The average molecular weight is 402 g/mol. The number of ether oxygens (including phenoxy) is 2. The number of hydrogen-bond donors (Lipinski definition) is 1. The Morgan fingerprint density at radius 3 is 2.86 bits per heavy atom. The molecule has 1 N–H and O–H groups in total. The van der Waals surface area contributed by atoms with Crippen molar-refractivity contribution in [1.82, 2.24) is 10.2 Å². The van der Waals surface area contributed by atoms with Gasteiger partial charge in [-0.15, -0.1) is 0 Å². The van der Waals surface area contributed by atoms with Gasteiger partial charge in [0, 0.05) is 12.7 Å². The van der Waals surface area contributed by atoms with Crippen LogP contribution in [0.3, 0.4) is 0 Å². The molecule has 1 atom stereocenters. The van der Waals surface area contributed by atoms with Gasteiger partial charge in [-0.25, -0.2) is 4.39 Å². The van der Waals surface area contributed by atoms with E-state index in [0.29, 0.717) is 34.6 Å². The molecule has 0 radical (unpaired) electrons. The number of hydrogen-bond acceptors (Lipinski definition) is 5. The molecule has 1 aromatic heterocycles. The number of nitrogens with one attached hydrogen (secondary N) is 1. The first-order valence-electron chi connectivity index (χ1n) is 9.02. The Kier molecular flexibility index (Phi) is 5.40. The molecule has 146 valence electrons. The Balaban J connectivity index is 1.38. The predicted octanol–water partition coefficient (Wildman–Crippen LogP) is 3.23. The highest BCUT2D eigenvalue weighted by atomic mass is 32.1. The Labute approximate surface area is 166 Å². The Hall–Kier alpha value is -2.71. The Morgan fingerprint density at radius 1 is 1.29 bits per heavy atom. The van der Waals surface area contributed by atoms with Crippen LogP contribution in [0.25, 0.3) is 6.08 Å². The smallest absolute Gasteiger partial charge is 0.276 e. The number of rotatable bonds is 6. The van der Waals surface area contributed by atoms with Crippen LogP contribution in [0, 0.1) is 5.82 Å². The third-order valence-electron chi connectivity index (χ3n) is 4.54. The summed E-state index contributed by atoms with van der Waals surface area (Å²) in [6.45, 7) is 1.38. The van der Waals surface area contributed by atoms with Crippen LogP contribution in [-0.4, -0.2) is 35.2 Å². The molecule has 0 aliphatic carbocycles. The van der Waals surface area contributed by atoms with Gasteiger partial charge >= 0.3 is 0 Å². The van der Waals surface area contributed by atoms with Gasteiger partial charge in [-0.05, 0) is 61.5 Å². The maximum atomic E-state index is 12.9. The fourth-order valence-electron chi connectivity index (χ4n) is 3.11. The molecule has 2 aliphatic heterocycles. The maximum absolute atomic E-state index is 12.9. The van der Waals surface area contributed by atoms with Crippen molar-refractivity contribution in [2.75, 3.05) is 13.2 Å². The molecule has 4 rings (SSSR count). The van der Waals surface area contributed by atoms with Gasteiger partial charge in [0.1, 0.15) is 35.4 Å². The molecule has 1 unspecified atom stereocenters. The highest BCUT2D eigenvalue weighted by Gasteiger charge is 2.33. The van der Waals surface area contributed by atoms with Crippen LogP contribution < -0.4 is 10.1 Å². The van der Waals surface area contributed by atoms with Crippen LogP contribution in [0.15, 0.2) is 46.5 Å². The van der Waals surface area contributed by atoms with Gasteiger partial charge in [0.05, 0.1) is 12.6 Å². The van der Waals surface area contributed by atoms with Gasteiger partial charge in [-0.2, -0.15) is 0 Å². The topological polar surface area (TPSA) is 63.9 Å². The van der Waals surface area contributed by atoms with Crippen molar-refractivity contribution in [2.45, 2.75) is 25.6 Å². The average Bonchev–Trinajstić information content (AvgIpc) is 3.41. The van der Waals surface area contributed by atoms with Gasteiger partial charge in [0.2, 0.25) is 0 Å². The lowest BCUT2D eigenvalue weighted by molar-refractivity contribution is -0.123. The van der Waals surface area contributed by atoms with E-state index in [1.807, 2.05) is 0 Å². The first-order chi connectivity index (χ1) is 13.6. The minimum absolute atomic E-state index is 0.0295. The van der Waals surface area contributed by atoms with E-state index in [0.717, 1.165) is 19.4 Å². The molecule has 2 saturated heterocycles. The van der Waals surface area contributed by atoms with Crippen LogP contribution in [0.4, 0.5) is 4.39 Å². The van der Waals surface area contributed by atoms with Crippen LogP contribution in [0.5, 0.6) is 5.75 Å². The van der Waals surface area contributed by atoms with E-state index in [1.165, 1.54) is 17.0 Å². The van der Waals surface area contributed by atoms with Gasteiger partial charge in [0.15, 0.2) is 5.11 Å². The van der Waals surface area contributed by atoms with Crippen molar-refractivity contribution < 1.29 is 23.1 Å². The second-order valence-electron chi connectivity index (χ2n) is 6.59. The summed E-state index contributed by atoms with van der Waals surface area (Å²) in [4.78, 5) is 14.1. The summed E-state index contributed by atoms with van der Waals surface area (Å²) in [5.74, 6) is 1.12. The first-order valence-corrected chi connectivity index (χ1v) is 9.42. The highest BCUT2D eigenvalue weighted by molar-refractivity contribution is 7.80. The van der Waals surface area contributed by atoms with E-state index in [4.69, 9.17) is 26.1 Å². The predicted molar refractivity (Wildman–Crippen MR) is 104 cm³/mol.